The number of nitrogens with zero attached hydrogens (tertiary/aromatic N) is 2. The van der Waals surface area contributed by atoms with Crippen molar-refractivity contribution in [1.82, 2.24) is 20.1 Å². The summed E-state index contributed by atoms with van der Waals surface area (Å²) in [7, 11) is 1.51. The largest absolute Gasteiger partial charge is 0.416 e. The second-order valence-corrected chi connectivity index (χ2v) is 8.37. The van der Waals surface area contributed by atoms with E-state index >= 15 is 0 Å². The van der Waals surface area contributed by atoms with Crippen molar-refractivity contribution in [2.24, 2.45) is 0 Å². The average molecular weight is 505 g/mol. The van der Waals surface area contributed by atoms with E-state index in [1.807, 2.05) is 30.5 Å². The molecule has 0 radical (unpaired) electrons. The number of ether oxygens (including phenoxy) is 1. The minimum Gasteiger partial charge on any atom is -0.383 e. The molecule has 0 bridgehead atoms. The number of hydrogen-bond acceptors (Lipinski definition) is 3. The van der Waals surface area contributed by atoms with Gasteiger partial charge in [0.2, 0.25) is 5.91 Å². The molecule has 0 saturated heterocycles. The number of benzene rings is 2. The Morgan fingerprint density at radius 3 is 2.42 bits per heavy atom. The molecule has 1 aromatic heterocycles. The van der Waals surface area contributed by atoms with Gasteiger partial charge in [0, 0.05) is 50.4 Å². The molecular formula is C26H31F3N4O3. The van der Waals surface area contributed by atoms with Gasteiger partial charge in [0.25, 0.3) is 0 Å². The minimum absolute atomic E-state index is 0.118. The smallest absolute Gasteiger partial charge is 0.383 e. The van der Waals surface area contributed by atoms with Crippen LogP contribution in [0.3, 0.4) is 0 Å². The van der Waals surface area contributed by atoms with Crippen molar-refractivity contribution >= 4 is 22.8 Å². The Balaban J connectivity index is 1.79. The standard InChI is InChI=1S/C26H31F3N4O3/c1-3-30-25(35)33(14-15-36-2)18-24(34)32(17-19-8-10-21(11-9-19)26(27,28)29)13-12-20-16-31-23-7-5-4-6-22(20)23/h4-11,16,31H,3,12-15,17-18H2,1-2H3,(H,30,35). The molecule has 0 fully saturated rings. The number of urea groups is 1. The molecular weight excluding hydrogens is 473 g/mol. The van der Waals surface area contributed by atoms with Crippen LogP contribution in [0.5, 0.6) is 0 Å². The van der Waals surface area contributed by atoms with Crippen molar-refractivity contribution in [1.29, 1.82) is 0 Å². The molecule has 0 atom stereocenters. The number of H-pyrrole nitrogens is 1. The summed E-state index contributed by atoms with van der Waals surface area (Å²) in [6.45, 7) is 2.95. The maximum absolute atomic E-state index is 13.4. The quantitative estimate of drug-likeness (QED) is 0.406. The van der Waals surface area contributed by atoms with Gasteiger partial charge in [-0.15, -0.1) is 0 Å². The zero-order valence-corrected chi connectivity index (χ0v) is 20.4. The first kappa shape index (κ1) is 27.1. The summed E-state index contributed by atoms with van der Waals surface area (Å²) in [4.78, 5) is 32.0. The van der Waals surface area contributed by atoms with Crippen molar-refractivity contribution in [2.45, 2.75) is 26.1 Å². The van der Waals surface area contributed by atoms with Crippen molar-refractivity contribution in [3.05, 3.63) is 71.4 Å². The van der Waals surface area contributed by atoms with Crippen molar-refractivity contribution in [3.63, 3.8) is 0 Å². The zero-order valence-electron chi connectivity index (χ0n) is 20.4. The third-order valence-corrected chi connectivity index (χ3v) is 5.84. The van der Waals surface area contributed by atoms with E-state index in [1.54, 1.807) is 11.8 Å². The van der Waals surface area contributed by atoms with E-state index in [4.69, 9.17) is 4.74 Å². The first-order valence-corrected chi connectivity index (χ1v) is 11.7. The lowest BCUT2D eigenvalue weighted by atomic mass is 10.1. The van der Waals surface area contributed by atoms with E-state index in [0.29, 0.717) is 25.1 Å². The van der Waals surface area contributed by atoms with Crippen molar-refractivity contribution < 1.29 is 27.5 Å². The third kappa shape index (κ3) is 7.24. The summed E-state index contributed by atoms with van der Waals surface area (Å²) in [5, 5.41) is 3.74. The second kappa shape index (κ2) is 12.4. The minimum atomic E-state index is -4.43. The van der Waals surface area contributed by atoms with E-state index in [9.17, 15) is 22.8 Å². The van der Waals surface area contributed by atoms with E-state index in [0.717, 1.165) is 28.6 Å². The van der Waals surface area contributed by atoms with Crippen LogP contribution >= 0.6 is 0 Å². The Kier molecular flexibility index (Phi) is 9.35. The number of alkyl halides is 3. The van der Waals surface area contributed by atoms with Gasteiger partial charge in [-0.05, 0) is 42.7 Å². The number of carbonyl (C=O) groups is 2. The molecule has 7 nitrogen and oxygen atoms in total. The van der Waals surface area contributed by atoms with Crippen LogP contribution in [0.15, 0.2) is 54.7 Å². The van der Waals surface area contributed by atoms with Gasteiger partial charge in [0.05, 0.1) is 12.2 Å². The van der Waals surface area contributed by atoms with Crippen molar-refractivity contribution in [3.8, 4) is 0 Å². The molecule has 1 heterocycles. The molecule has 0 unspecified atom stereocenters. The molecule has 194 valence electrons. The van der Waals surface area contributed by atoms with Gasteiger partial charge in [-0.1, -0.05) is 30.3 Å². The zero-order chi connectivity index (χ0) is 26.1. The highest BCUT2D eigenvalue weighted by atomic mass is 19.4. The fourth-order valence-electron chi connectivity index (χ4n) is 3.89. The van der Waals surface area contributed by atoms with E-state index in [-0.39, 0.29) is 38.2 Å². The molecule has 0 saturated carbocycles. The molecule has 3 amide bonds. The Bertz CT molecular complexity index is 1150. The molecule has 36 heavy (non-hydrogen) atoms. The van der Waals surface area contributed by atoms with Crippen molar-refractivity contribution in [2.75, 3.05) is 39.9 Å². The van der Waals surface area contributed by atoms with Gasteiger partial charge in [-0.25, -0.2) is 4.79 Å². The molecule has 0 aliphatic heterocycles. The first-order valence-electron chi connectivity index (χ1n) is 11.7. The number of nitrogens with one attached hydrogen (secondary N) is 2. The Labute approximate surface area is 208 Å². The lowest BCUT2D eigenvalue weighted by Gasteiger charge is -2.28. The molecule has 10 heteroatoms. The average Bonchev–Trinajstić information content (AvgIpc) is 3.27. The maximum Gasteiger partial charge on any atom is 0.416 e. The van der Waals surface area contributed by atoms with Crippen LogP contribution in [0.1, 0.15) is 23.6 Å². The summed E-state index contributed by atoms with van der Waals surface area (Å²) >= 11 is 0. The highest BCUT2D eigenvalue weighted by Gasteiger charge is 2.30. The number of hydrogen-bond donors (Lipinski definition) is 2. The van der Waals surface area contributed by atoms with E-state index in [1.165, 1.54) is 24.1 Å². The van der Waals surface area contributed by atoms with E-state index < -0.39 is 11.7 Å². The number of para-hydroxylation sites is 1. The second-order valence-electron chi connectivity index (χ2n) is 8.37. The summed E-state index contributed by atoms with van der Waals surface area (Å²) in [5.74, 6) is -0.308. The Morgan fingerprint density at radius 1 is 1.03 bits per heavy atom. The van der Waals surface area contributed by atoms with Crippen LogP contribution in [0, 0.1) is 0 Å². The molecule has 2 N–H and O–H groups in total. The Hall–Kier alpha value is -3.53. The summed E-state index contributed by atoms with van der Waals surface area (Å²) < 4.78 is 44.0. The predicted octanol–water partition coefficient (Wildman–Crippen LogP) is 4.44. The van der Waals surface area contributed by atoms with Gasteiger partial charge in [0.1, 0.15) is 6.54 Å². The maximum atomic E-state index is 13.4. The van der Waals surface area contributed by atoms with Crippen LogP contribution in [0.25, 0.3) is 10.9 Å². The number of amides is 3. The number of halogens is 3. The lowest BCUT2D eigenvalue weighted by Crippen LogP contribution is -2.48. The number of rotatable bonds is 11. The fourth-order valence-corrected chi connectivity index (χ4v) is 3.89. The van der Waals surface area contributed by atoms with Crippen LogP contribution in [-0.4, -0.2) is 66.6 Å². The first-order chi connectivity index (χ1) is 17.2. The highest BCUT2D eigenvalue weighted by molar-refractivity contribution is 5.85. The summed E-state index contributed by atoms with van der Waals surface area (Å²) in [6, 6.07) is 12.2. The Morgan fingerprint density at radius 2 is 1.75 bits per heavy atom. The topological polar surface area (TPSA) is 77.7 Å². The monoisotopic (exact) mass is 504 g/mol. The van der Waals surface area contributed by atoms with Gasteiger partial charge in [-0.2, -0.15) is 13.2 Å². The number of carbonyl (C=O) groups excluding carboxylic acids is 2. The van der Waals surface area contributed by atoms with Gasteiger partial charge < -0.3 is 24.8 Å². The SMILES string of the molecule is CCNC(=O)N(CCOC)CC(=O)N(CCc1c[nH]c2ccccc12)Cc1ccc(C(F)(F)F)cc1. The molecule has 0 spiro atoms. The highest BCUT2D eigenvalue weighted by Crippen LogP contribution is 2.29. The molecule has 2 aromatic carbocycles. The van der Waals surface area contributed by atoms with Crippen LogP contribution in [-0.2, 0) is 28.7 Å². The summed E-state index contributed by atoms with van der Waals surface area (Å²) in [6.07, 6.45) is -2.00. The van der Waals surface area contributed by atoms with Gasteiger partial charge >= 0.3 is 12.2 Å². The van der Waals surface area contributed by atoms with Crippen LogP contribution < -0.4 is 5.32 Å². The molecule has 3 aromatic rings. The van der Waals surface area contributed by atoms with Gasteiger partial charge in [0.15, 0.2) is 0 Å². The molecule has 3 rings (SSSR count). The molecule has 0 aliphatic rings. The predicted molar refractivity (Wildman–Crippen MR) is 131 cm³/mol. The fraction of sp³-hybridized carbons (Fsp3) is 0.385. The summed E-state index contributed by atoms with van der Waals surface area (Å²) in [5.41, 5.74) is 1.83. The van der Waals surface area contributed by atoms with Crippen LogP contribution in [0.4, 0.5) is 18.0 Å². The molecule has 0 aliphatic carbocycles. The number of aromatic nitrogens is 1. The third-order valence-electron chi connectivity index (χ3n) is 5.84. The number of fused-ring (bicyclic) bond motifs is 1. The normalized spacial score (nSPS) is 11.5. The van der Waals surface area contributed by atoms with Crippen LogP contribution in [0.2, 0.25) is 0 Å². The van der Waals surface area contributed by atoms with Gasteiger partial charge in [-0.3, -0.25) is 4.79 Å². The van der Waals surface area contributed by atoms with E-state index in [2.05, 4.69) is 10.3 Å². The number of methoxy groups -OCH3 is 1. The lowest BCUT2D eigenvalue weighted by molar-refractivity contribution is -0.137. The number of aromatic amines is 1.